The third-order valence-corrected chi connectivity index (χ3v) is 7.92. The number of methoxy groups -OCH3 is 1. The van der Waals surface area contributed by atoms with Crippen LogP contribution in [0.25, 0.3) is 22.2 Å². The predicted octanol–water partition coefficient (Wildman–Crippen LogP) is 6.28. The van der Waals surface area contributed by atoms with Crippen LogP contribution >= 0.6 is 11.6 Å². The van der Waals surface area contributed by atoms with E-state index in [-0.39, 0.29) is 51.2 Å². The van der Waals surface area contributed by atoms with E-state index in [2.05, 4.69) is 9.97 Å². The molecule has 4 aromatic rings. The summed E-state index contributed by atoms with van der Waals surface area (Å²) in [4.78, 5) is 33.1. The van der Waals surface area contributed by atoms with Crippen LogP contribution < -0.4 is 15.2 Å². The molecule has 0 saturated heterocycles. The van der Waals surface area contributed by atoms with Crippen molar-refractivity contribution in [3.8, 4) is 22.8 Å². The largest absolute Gasteiger partial charge is 0.494 e. The van der Waals surface area contributed by atoms with Gasteiger partial charge in [-0.05, 0) is 48.9 Å². The number of alkyl halides is 3. The Kier molecular flexibility index (Phi) is 7.79. The van der Waals surface area contributed by atoms with Crippen LogP contribution in [0.2, 0.25) is 5.02 Å². The van der Waals surface area contributed by atoms with Crippen molar-refractivity contribution >= 4 is 34.2 Å². The molecule has 0 saturated carbocycles. The number of primary amides is 1. The van der Waals surface area contributed by atoms with Gasteiger partial charge in [0.2, 0.25) is 5.60 Å². The Morgan fingerprint density at radius 1 is 1.11 bits per heavy atom. The maximum atomic E-state index is 14.7. The summed E-state index contributed by atoms with van der Waals surface area (Å²) in [5, 5.41) is 11.4. The minimum absolute atomic E-state index is 0.00517. The number of ketones is 1. The highest BCUT2D eigenvalue weighted by Gasteiger charge is 2.56. The highest BCUT2D eigenvalue weighted by molar-refractivity contribution is 6.31. The minimum atomic E-state index is -5.24. The van der Waals surface area contributed by atoms with Crippen molar-refractivity contribution in [3.63, 3.8) is 0 Å². The number of amides is 1. The number of nitrogens with zero attached hydrogens (tertiary/aromatic N) is 2. The molecule has 2 aromatic carbocycles. The van der Waals surface area contributed by atoms with Crippen molar-refractivity contribution in [2.75, 3.05) is 13.7 Å². The molecule has 0 radical (unpaired) electrons. The molecule has 1 amide bonds. The van der Waals surface area contributed by atoms with E-state index < -0.39 is 53.2 Å². The molecule has 2 aromatic heterocycles. The third kappa shape index (κ3) is 5.43. The molecule has 1 aliphatic rings. The van der Waals surface area contributed by atoms with E-state index >= 15 is 0 Å². The second kappa shape index (κ2) is 11.0. The molecular weight excluding hydrogens is 606 g/mol. The highest BCUT2D eigenvalue weighted by Crippen LogP contribution is 2.49. The van der Waals surface area contributed by atoms with Crippen molar-refractivity contribution in [1.82, 2.24) is 9.97 Å². The van der Waals surface area contributed by atoms with E-state index in [0.717, 1.165) is 12.1 Å². The van der Waals surface area contributed by atoms with E-state index in [1.807, 2.05) is 0 Å². The number of ether oxygens (including phenoxy) is 2. The summed E-state index contributed by atoms with van der Waals surface area (Å²) in [6, 6.07) is 10.2. The molecule has 1 atom stereocenters. The lowest BCUT2D eigenvalue weighted by molar-refractivity contribution is -0.270. The molecule has 13 heteroatoms. The van der Waals surface area contributed by atoms with Gasteiger partial charge < -0.3 is 20.3 Å². The van der Waals surface area contributed by atoms with Crippen LogP contribution in [0.3, 0.4) is 0 Å². The van der Waals surface area contributed by atoms with Gasteiger partial charge in [-0.2, -0.15) is 13.2 Å². The summed E-state index contributed by atoms with van der Waals surface area (Å²) in [5.41, 5.74) is 0.928. The Hall–Kier alpha value is -4.29. The molecule has 1 unspecified atom stereocenters. The molecule has 0 bridgehead atoms. The van der Waals surface area contributed by atoms with E-state index in [1.165, 1.54) is 43.5 Å². The Balaban J connectivity index is 1.55. The van der Waals surface area contributed by atoms with E-state index in [4.69, 9.17) is 26.8 Å². The number of Topliss-reactive ketones (excluding diaryl/α,β-unsaturated/α-hetero) is 1. The zero-order chi connectivity index (χ0) is 32.2. The number of aliphatic hydroxyl groups is 1. The van der Waals surface area contributed by atoms with Gasteiger partial charge in [-0.25, -0.2) is 14.4 Å². The first kappa shape index (κ1) is 31.1. The summed E-state index contributed by atoms with van der Waals surface area (Å²) >= 11 is 5.95. The number of nitrogens with two attached hydrogens (primary N) is 1. The second-order valence-corrected chi connectivity index (χ2v) is 11.5. The fourth-order valence-electron chi connectivity index (χ4n) is 5.07. The van der Waals surface area contributed by atoms with Crippen LogP contribution in [-0.2, 0) is 11.0 Å². The molecule has 5 rings (SSSR count). The number of carbonyl (C=O) groups is 2. The summed E-state index contributed by atoms with van der Waals surface area (Å²) in [7, 11) is 1.31. The first-order valence-electron chi connectivity index (χ1n) is 13.3. The minimum Gasteiger partial charge on any atom is -0.494 e. The smallest absolute Gasteiger partial charge is 0.422 e. The van der Waals surface area contributed by atoms with Crippen LogP contribution in [0, 0.1) is 5.82 Å². The van der Waals surface area contributed by atoms with Crippen molar-refractivity contribution < 1.29 is 41.7 Å². The van der Waals surface area contributed by atoms with Gasteiger partial charge in [0.05, 0.1) is 24.4 Å². The summed E-state index contributed by atoms with van der Waals surface area (Å²) < 4.78 is 69.1. The normalized spacial score (nSPS) is 15.4. The number of rotatable bonds is 8. The van der Waals surface area contributed by atoms with Crippen LogP contribution in [0.15, 0.2) is 48.5 Å². The van der Waals surface area contributed by atoms with Gasteiger partial charge >= 0.3 is 6.18 Å². The molecular formula is C31H26ClF4N3O5. The Bertz CT molecular complexity index is 1830. The SMILES string of the molecule is COc1cc(C(=O)CCC(O)(c2cc3c(c(-c4ccc(F)c(Cl)c4)n2)OCC3(C)C)C(F)(F)F)cc2ccc(C(N)=O)nc12. The molecule has 230 valence electrons. The number of halogens is 5. The monoisotopic (exact) mass is 631 g/mol. The first-order chi connectivity index (χ1) is 20.6. The Morgan fingerprint density at radius 2 is 1.84 bits per heavy atom. The lowest BCUT2D eigenvalue weighted by atomic mass is 9.83. The molecule has 44 heavy (non-hydrogen) atoms. The average molecular weight is 632 g/mol. The number of aromatic nitrogens is 2. The number of carbonyl (C=O) groups excluding carboxylic acids is 2. The maximum Gasteiger partial charge on any atom is 0.422 e. The van der Waals surface area contributed by atoms with E-state index in [9.17, 15) is 32.3 Å². The number of hydrogen-bond donors (Lipinski definition) is 2. The van der Waals surface area contributed by atoms with Crippen molar-refractivity contribution in [2.45, 2.75) is 43.9 Å². The van der Waals surface area contributed by atoms with Gasteiger partial charge in [-0.1, -0.05) is 31.5 Å². The zero-order valence-corrected chi connectivity index (χ0v) is 24.4. The average Bonchev–Trinajstić information content (AvgIpc) is 3.29. The summed E-state index contributed by atoms with van der Waals surface area (Å²) in [6.07, 6.45) is -7.04. The molecule has 3 heterocycles. The predicted molar refractivity (Wildman–Crippen MR) is 153 cm³/mol. The quantitative estimate of drug-likeness (QED) is 0.173. The molecule has 0 fully saturated rings. The van der Waals surface area contributed by atoms with Crippen LogP contribution in [0.5, 0.6) is 11.5 Å². The van der Waals surface area contributed by atoms with Gasteiger partial charge in [0.1, 0.15) is 34.2 Å². The van der Waals surface area contributed by atoms with Gasteiger partial charge in [-0.3, -0.25) is 9.59 Å². The maximum absolute atomic E-state index is 14.7. The van der Waals surface area contributed by atoms with Crippen LogP contribution in [-0.4, -0.2) is 46.7 Å². The van der Waals surface area contributed by atoms with Gasteiger partial charge in [0.25, 0.3) is 5.91 Å². The van der Waals surface area contributed by atoms with Crippen LogP contribution in [0.1, 0.15) is 58.8 Å². The number of fused-ring (bicyclic) bond motifs is 2. The topological polar surface area (TPSA) is 125 Å². The molecule has 0 spiro atoms. The fourth-order valence-corrected chi connectivity index (χ4v) is 5.25. The van der Waals surface area contributed by atoms with Crippen molar-refractivity contribution in [3.05, 3.63) is 81.9 Å². The van der Waals surface area contributed by atoms with E-state index in [0.29, 0.717) is 10.9 Å². The van der Waals surface area contributed by atoms with Gasteiger partial charge in [0.15, 0.2) is 5.78 Å². The lowest BCUT2D eigenvalue weighted by Gasteiger charge is -2.31. The van der Waals surface area contributed by atoms with Crippen LogP contribution in [0.4, 0.5) is 17.6 Å². The Morgan fingerprint density at radius 3 is 2.48 bits per heavy atom. The highest BCUT2D eigenvalue weighted by atomic mass is 35.5. The van der Waals surface area contributed by atoms with Gasteiger partial charge in [-0.15, -0.1) is 0 Å². The number of hydrogen-bond acceptors (Lipinski definition) is 7. The first-order valence-corrected chi connectivity index (χ1v) is 13.7. The fraction of sp³-hybridized carbons (Fsp3) is 0.290. The summed E-state index contributed by atoms with van der Waals surface area (Å²) in [6.45, 7) is 3.64. The zero-order valence-electron chi connectivity index (χ0n) is 23.7. The molecule has 1 aliphatic heterocycles. The van der Waals surface area contributed by atoms with Crippen molar-refractivity contribution in [1.29, 1.82) is 0 Å². The Labute approximate surface area is 253 Å². The number of pyridine rings is 2. The third-order valence-electron chi connectivity index (χ3n) is 7.63. The lowest BCUT2D eigenvalue weighted by Crippen LogP contribution is -2.43. The molecule has 0 aliphatic carbocycles. The summed E-state index contributed by atoms with van der Waals surface area (Å²) in [5.74, 6) is -1.93. The molecule has 8 nitrogen and oxygen atoms in total. The van der Waals surface area contributed by atoms with E-state index in [1.54, 1.807) is 13.8 Å². The standard InChI is InChI=1S/C31H26ClF4N3O5/c1-29(2)14-44-27-18(29)13-24(39-26(27)16-4-6-20(33)19(32)11-16)30(42,31(34,35)36)9-8-22(40)17-10-15-5-7-21(28(37)41)38-25(15)23(12-17)43-3/h4-7,10-13,42H,8-9,14H2,1-3H3,(H2,37,41). The van der Waals surface area contributed by atoms with Crippen molar-refractivity contribution in [2.24, 2.45) is 5.73 Å². The van der Waals surface area contributed by atoms with Gasteiger partial charge in [0, 0.05) is 33.9 Å². The number of benzene rings is 2. The molecule has 3 N–H and O–H groups in total. The second-order valence-electron chi connectivity index (χ2n) is 11.1.